The zero-order chi connectivity index (χ0) is 17.5. The van der Waals surface area contributed by atoms with Crippen molar-refractivity contribution in [1.29, 1.82) is 0 Å². The second-order valence-corrected chi connectivity index (χ2v) is 6.27. The summed E-state index contributed by atoms with van der Waals surface area (Å²) in [6, 6.07) is 6.52. The molecular formula is C18H27FIN5. The number of nitrogens with one attached hydrogen (secondary N) is 1. The highest BCUT2D eigenvalue weighted by Crippen LogP contribution is 2.07. The molecule has 5 nitrogen and oxygen atoms in total. The average Bonchev–Trinajstić information content (AvgIpc) is 2.96. The van der Waals surface area contributed by atoms with Crippen LogP contribution < -0.4 is 5.32 Å². The van der Waals surface area contributed by atoms with Crippen molar-refractivity contribution < 1.29 is 4.39 Å². The highest BCUT2D eigenvalue weighted by Gasteiger charge is 2.09. The molecular weight excluding hydrogens is 432 g/mol. The van der Waals surface area contributed by atoms with E-state index in [2.05, 4.69) is 33.7 Å². The molecule has 0 unspecified atom stereocenters. The molecule has 0 aliphatic carbocycles. The van der Waals surface area contributed by atoms with E-state index in [0.29, 0.717) is 19.0 Å². The molecule has 0 aliphatic rings. The van der Waals surface area contributed by atoms with Crippen LogP contribution in [0.2, 0.25) is 0 Å². The van der Waals surface area contributed by atoms with E-state index in [4.69, 9.17) is 0 Å². The van der Waals surface area contributed by atoms with Crippen LogP contribution in [0.15, 0.2) is 41.7 Å². The van der Waals surface area contributed by atoms with Crippen LogP contribution in [0, 0.1) is 11.7 Å². The molecule has 0 spiro atoms. The molecule has 0 amide bonds. The van der Waals surface area contributed by atoms with Crippen molar-refractivity contribution in [3.63, 3.8) is 0 Å². The van der Waals surface area contributed by atoms with Crippen molar-refractivity contribution in [2.24, 2.45) is 10.9 Å². The highest BCUT2D eigenvalue weighted by atomic mass is 127. The van der Waals surface area contributed by atoms with E-state index in [9.17, 15) is 4.39 Å². The maximum atomic E-state index is 13.0. The van der Waals surface area contributed by atoms with E-state index in [1.165, 1.54) is 12.1 Å². The summed E-state index contributed by atoms with van der Waals surface area (Å²) in [5.74, 6) is 2.11. The number of aromatic nitrogens is 2. The summed E-state index contributed by atoms with van der Waals surface area (Å²) in [5.41, 5.74) is 1.03. The van der Waals surface area contributed by atoms with Gasteiger partial charge in [0.1, 0.15) is 11.6 Å². The Balaban J connectivity index is 0.00000312. The Bertz CT molecular complexity index is 666. The zero-order valence-corrected chi connectivity index (χ0v) is 17.6. The molecule has 25 heavy (non-hydrogen) atoms. The summed E-state index contributed by atoms with van der Waals surface area (Å²) in [6.45, 7) is 6.58. The fourth-order valence-corrected chi connectivity index (χ4v) is 2.55. The Morgan fingerprint density at radius 3 is 2.60 bits per heavy atom. The first-order chi connectivity index (χ1) is 11.5. The van der Waals surface area contributed by atoms with Crippen LogP contribution in [0.25, 0.3) is 0 Å². The van der Waals surface area contributed by atoms with Gasteiger partial charge in [-0.1, -0.05) is 26.0 Å². The van der Waals surface area contributed by atoms with Crippen LogP contribution in [0.5, 0.6) is 0 Å². The number of aliphatic imine (C=N–C) groups is 1. The van der Waals surface area contributed by atoms with Gasteiger partial charge in [0.2, 0.25) is 0 Å². The number of hydrogen-bond donors (Lipinski definition) is 1. The first-order valence-electron chi connectivity index (χ1n) is 8.15. The maximum absolute atomic E-state index is 13.0. The first kappa shape index (κ1) is 21.4. The summed E-state index contributed by atoms with van der Waals surface area (Å²) in [5, 5.41) is 3.34. The van der Waals surface area contributed by atoms with Gasteiger partial charge in [-0.25, -0.2) is 9.37 Å². The smallest absolute Gasteiger partial charge is 0.194 e. The fraction of sp³-hybridized carbons (Fsp3) is 0.444. The van der Waals surface area contributed by atoms with Crippen molar-refractivity contribution >= 4 is 29.9 Å². The minimum Gasteiger partial charge on any atom is -0.349 e. The molecule has 138 valence electrons. The van der Waals surface area contributed by atoms with Gasteiger partial charge in [0, 0.05) is 39.6 Å². The van der Waals surface area contributed by atoms with Gasteiger partial charge >= 0.3 is 0 Å². The highest BCUT2D eigenvalue weighted by molar-refractivity contribution is 14.0. The monoisotopic (exact) mass is 459 g/mol. The lowest BCUT2D eigenvalue weighted by Gasteiger charge is -2.22. The third-order valence-electron chi connectivity index (χ3n) is 3.67. The molecule has 2 rings (SSSR count). The SMILES string of the molecule is CN=C(NCc1nccn1CC(C)C)N(C)Cc1ccc(F)cc1.I. The normalized spacial score (nSPS) is 11.4. The van der Waals surface area contributed by atoms with Gasteiger partial charge in [-0.05, 0) is 23.6 Å². The van der Waals surface area contributed by atoms with Gasteiger partial charge in [0.25, 0.3) is 0 Å². The molecule has 1 heterocycles. The van der Waals surface area contributed by atoms with Gasteiger partial charge in [0.05, 0.1) is 6.54 Å². The number of nitrogens with zero attached hydrogens (tertiary/aromatic N) is 4. The number of benzene rings is 1. The van der Waals surface area contributed by atoms with Crippen LogP contribution in [0.1, 0.15) is 25.2 Å². The molecule has 0 bridgehead atoms. The van der Waals surface area contributed by atoms with E-state index in [-0.39, 0.29) is 29.8 Å². The molecule has 0 atom stereocenters. The molecule has 1 aromatic carbocycles. The van der Waals surface area contributed by atoms with E-state index in [1.54, 1.807) is 19.2 Å². The molecule has 0 radical (unpaired) electrons. The van der Waals surface area contributed by atoms with Gasteiger partial charge in [-0.3, -0.25) is 4.99 Å². The lowest BCUT2D eigenvalue weighted by molar-refractivity contribution is 0.467. The van der Waals surface area contributed by atoms with Crippen molar-refractivity contribution in [3.8, 4) is 0 Å². The van der Waals surface area contributed by atoms with E-state index < -0.39 is 0 Å². The summed E-state index contributed by atoms with van der Waals surface area (Å²) in [7, 11) is 3.71. The first-order valence-corrected chi connectivity index (χ1v) is 8.15. The Morgan fingerprint density at radius 2 is 2.00 bits per heavy atom. The number of rotatable bonds is 6. The lowest BCUT2D eigenvalue weighted by atomic mass is 10.2. The molecule has 1 aromatic heterocycles. The minimum absolute atomic E-state index is 0. The third kappa shape index (κ3) is 6.64. The summed E-state index contributed by atoms with van der Waals surface area (Å²) >= 11 is 0. The number of imidazole rings is 1. The molecule has 0 aliphatic heterocycles. The van der Waals surface area contributed by atoms with Gasteiger partial charge < -0.3 is 14.8 Å². The van der Waals surface area contributed by atoms with Crippen molar-refractivity contribution in [2.75, 3.05) is 14.1 Å². The predicted octanol–water partition coefficient (Wildman–Crippen LogP) is 3.50. The molecule has 0 saturated heterocycles. The van der Waals surface area contributed by atoms with Crippen LogP contribution in [0.4, 0.5) is 4.39 Å². The molecule has 0 fully saturated rings. The standard InChI is InChI=1S/C18H26FN5.HI/c1-14(2)12-24-10-9-21-17(24)11-22-18(20-3)23(4)13-15-5-7-16(19)8-6-15;/h5-10,14H,11-13H2,1-4H3,(H,20,22);1H. The number of guanidine groups is 1. The van der Waals surface area contributed by atoms with E-state index in [1.807, 2.05) is 24.3 Å². The van der Waals surface area contributed by atoms with Crippen molar-refractivity contribution in [2.45, 2.75) is 33.5 Å². The average molecular weight is 459 g/mol. The molecule has 0 saturated carbocycles. The zero-order valence-electron chi connectivity index (χ0n) is 15.2. The topological polar surface area (TPSA) is 45.5 Å². The van der Waals surface area contributed by atoms with Gasteiger partial charge in [0.15, 0.2) is 5.96 Å². The lowest BCUT2D eigenvalue weighted by Crippen LogP contribution is -2.38. The van der Waals surface area contributed by atoms with Crippen LogP contribution in [-0.2, 0) is 19.6 Å². The van der Waals surface area contributed by atoms with Crippen LogP contribution in [0.3, 0.4) is 0 Å². The predicted molar refractivity (Wildman–Crippen MR) is 111 cm³/mol. The number of hydrogen-bond acceptors (Lipinski definition) is 2. The Labute approximate surface area is 166 Å². The van der Waals surface area contributed by atoms with Gasteiger partial charge in [-0.2, -0.15) is 0 Å². The summed E-state index contributed by atoms with van der Waals surface area (Å²) in [6.07, 6.45) is 3.83. The molecule has 7 heteroatoms. The Kier molecular flexibility index (Phi) is 8.88. The largest absolute Gasteiger partial charge is 0.349 e. The van der Waals surface area contributed by atoms with Crippen LogP contribution in [-0.4, -0.2) is 34.5 Å². The summed E-state index contributed by atoms with van der Waals surface area (Å²) < 4.78 is 15.2. The minimum atomic E-state index is -0.221. The second-order valence-electron chi connectivity index (χ2n) is 6.27. The third-order valence-corrected chi connectivity index (χ3v) is 3.67. The summed E-state index contributed by atoms with van der Waals surface area (Å²) in [4.78, 5) is 10.7. The fourth-order valence-electron chi connectivity index (χ4n) is 2.55. The van der Waals surface area contributed by atoms with Crippen molar-refractivity contribution in [1.82, 2.24) is 19.8 Å². The van der Waals surface area contributed by atoms with Crippen molar-refractivity contribution in [3.05, 3.63) is 53.9 Å². The second kappa shape index (κ2) is 10.4. The van der Waals surface area contributed by atoms with Crippen LogP contribution >= 0.6 is 24.0 Å². The van der Waals surface area contributed by atoms with Gasteiger partial charge in [-0.15, -0.1) is 24.0 Å². The maximum Gasteiger partial charge on any atom is 0.194 e. The molecule has 1 N–H and O–H groups in total. The Morgan fingerprint density at radius 1 is 1.32 bits per heavy atom. The Hall–Kier alpha value is -1.64. The van der Waals surface area contributed by atoms with E-state index >= 15 is 0 Å². The quantitative estimate of drug-likeness (QED) is 0.409. The molecule has 2 aromatic rings. The number of halogens is 2. The van der Waals surface area contributed by atoms with E-state index in [0.717, 1.165) is 23.9 Å².